The number of aliphatic carboxylic acids is 1. The zero-order valence-corrected chi connectivity index (χ0v) is 10.3. The van der Waals surface area contributed by atoms with Gasteiger partial charge in [0.2, 0.25) is 5.91 Å². The van der Waals surface area contributed by atoms with Crippen LogP contribution in [-0.4, -0.2) is 33.4 Å². The molecule has 0 spiro atoms. The number of likely N-dealkylation sites (tertiary alicyclic amines) is 1. The number of nitrogens with zero attached hydrogens (tertiary/aromatic N) is 1. The molecule has 5 nitrogen and oxygen atoms in total. The Labute approximate surface area is 106 Å². The first-order valence-corrected chi connectivity index (χ1v) is 6.33. The van der Waals surface area contributed by atoms with Crippen LogP contribution < -0.4 is 0 Å². The highest BCUT2D eigenvalue weighted by Gasteiger charge is 2.29. The van der Waals surface area contributed by atoms with E-state index in [0.29, 0.717) is 12.8 Å². The van der Waals surface area contributed by atoms with E-state index < -0.39 is 5.97 Å². The van der Waals surface area contributed by atoms with Crippen molar-refractivity contribution < 1.29 is 14.7 Å². The van der Waals surface area contributed by atoms with E-state index in [1.807, 2.05) is 23.2 Å². The number of aromatic amines is 1. The second-order valence-corrected chi connectivity index (χ2v) is 4.62. The van der Waals surface area contributed by atoms with Gasteiger partial charge in [-0.15, -0.1) is 0 Å². The first-order valence-electron chi connectivity index (χ1n) is 6.33. The summed E-state index contributed by atoms with van der Waals surface area (Å²) in [7, 11) is 0. The molecule has 0 aromatic carbocycles. The third-order valence-electron chi connectivity index (χ3n) is 3.34. The quantitative estimate of drug-likeness (QED) is 0.838. The van der Waals surface area contributed by atoms with Crippen LogP contribution in [0.4, 0.5) is 0 Å². The Morgan fingerprint density at radius 3 is 2.94 bits per heavy atom. The molecule has 0 aliphatic carbocycles. The van der Waals surface area contributed by atoms with Crippen LogP contribution in [0.5, 0.6) is 0 Å². The van der Waals surface area contributed by atoms with Crippen LogP contribution in [0, 0.1) is 0 Å². The van der Waals surface area contributed by atoms with Gasteiger partial charge in [0.1, 0.15) is 0 Å². The van der Waals surface area contributed by atoms with Crippen molar-refractivity contribution in [1.29, 1.82) is 0 Å². The van der Waals surface area contributed by atoms with Gasteiger partial charge in [-0.25, -0.2) is 0 Å². The molecule has 1 aromatic rings. The topological polar surface area (TPSA) is 73.4 Å². The zero-order chi connectivity index (χ0) is 13.0. The summed E-state index contributed by atoms with van der Waals surface area (Å²) in [4.78, 5) is 27.5. The third-order valence-corrected chi connectivity index (χ3v) is 3.34. The molecule has 1 amide bonds. The van der Waals surface area contributed by atoms with E-state index in [4.69, 9.17) is 5.11 Å². The van der Waals surface area contributed by atoms with E-state index in [-0.39, 0.29) is 18.4 Å². The van der Waals surface area contributed by atoms with Crippen molar-refractivity contribution >= 4 is 11.9 Å². The SMILES string of the molecule is O=C(O)CCCC(=O)N1CCCC1c1ccc[nH]1. The van der Waals surface area contributed by atoms with E-state index in [1.54, 1.807) is 0 Å². The van der Waals surface area contributed by atoms with Gasteiger partial charge >= 0.3 is 5.97 Å². The smallest absolute Gasteiger partial charge is 0.303 e. The summed E-state index contributed by atoms with van der Waals surface area (Å²) in [5.74, 6) is -0.779. The Morgan fingerprint density at radius 2 is 2.28 bits per heavy atom. The monoisotopic (exact) mass is 250 g/mol. The van der Waals surface area contributed by atoms with Gasteiger partial charge in [-0.1, -0.05) is 0 Å². The summed E-state index contributed by atoms with van der Waals surface area (Å²) in [5.41, 5.74) is 1.07. The van der Waals surface area contributed by atoms with Crippen molar-refractivity contribution in [2.45, 2.75) is 38.1 Å². The molecule has 2 heterocycles. The number of H-pyrrole nitrogens is 1. The molecule has 5 heteroatoms. The fourth-order valence-corrected chi connectivity index (χ4v) is 2.47. The Kier molecular flexibility index (Phi) is 4.02. The Bertz CT molecular complexity index is 414. The minimum Gasteiger partial charge on any atom is -0.481 e. The van der Waals surface area contributed by atoms with Crippen LogP contribution in [0.3, 0.4) is 0 Å². The number of carboxylic acid groups (broad SMARTS) is 1. The van der Waals surface area contributed by atoms with Crippen molar-refractivity contribution in [1.82, 2.24) is 9.88 Å². The fourth-order valence-electron chi connectivity index (χ4n) is 2.47. The maximum absolute atomic E-state index is 12.1. The van der Waals surface area contributed by atoms with E-state index >= 15 is 0 Å². The van der Waals surface area contributed by atoms with Gasteiger partial charge in [0.05, 0.1) is 6.04 Å². The highest BCUT2D eigenvalue weighted by atomic mass is 16.4. The normalized spacial score (nSPS) is 19.1. The van der Waals surface area contributed by atoms with Crippen molar-refractivity contribution in [2.75, 3.05) is 6.54 Å². The first-order chi connectivity index (χ1) is 8.68. The van der Waals surface area contributed by atoms with Crippen LogP contribution >= 0.6 is 0 Å². The lowest BCUT2D eigenvalue weighted by molar-refractivity contribution is -0.137. The molecule has 1 fully saturated rings. The molecule has 1 atom stereocenters. The summed E-state index contributed by atoms with van der Waals surface area (Å²) < 4.78 is 0. The number of amides is 1. The molecule has 0 bridgehead atoms. The summed E-state index contributed by atoms with van der Waals surface area (Å²) in [5, 5.41) is 8.56. The van der Waals surface area contributed by atoms with Gasteiger partial charge < -0.3 is 15.0 Å². The maximum Gasteiger partial charge on any atom is 0.303 e. The molecule has 98 valence electrons. The minimum absolute atomic E-state index is 0.0623. The van der Waals surface area contributed by atoms with E-state index in [0.717, 1.165) is 25.1 Å². The van der Waals surface area contributed by atoms with Gasteiger partial charge in [-0.2, -0.15) is 0 Å². The van der Waals surface area contributed by atoms with Crippen LogP contribution in [0.2, 0.25) is 0 Å². The van der Waals surface area contributed by atoms with Gasteiger partial charge in [0.15, 0.2) is 0 Å². The Balaban J connectivity index is 1.91. The lowest BCUT2D eigenvalue weighted by Gasteiger charge is -2.24. The van der Waals surface area contributed by atoms with E-state index in [2.05, 4.69) is 4.98 Å². The molecule has 1 aliphatic rings. The van der Waals surface area contributed by atoms with Gasteiger partial charge in [0, 0.05) is 31.3 Å². The fraction of sp³-hybridized carbons (Fsp3) is 0.538. The van der Waals surface area contributed by atoms with Crippen molar-refractivity contribution in [3.05, 3.63) is 24.0 Å². The van der Waals surface area contributed by atoms with E-state index in [9.17, 15) is 9.59 Å². The molecule has 0 saturated carbocycles. The lowest BCUT2D eigenvalue weighted by atomic mass is 10.1. The second kappa shape index (κ2) is 5.71. The van der Waals surface area contributed by atoms with Crippen molar-refractivity contribution in [2.24, 2.45) is 0 Å². The molecule has 18 heavy (non-hydrogen) atoms. The third kappa shape index (κ3) is 2.91. The molecule has 1 unspecified atom stereocenters. The van der Waals surface area contributed by atoms with Crippen LogP contribution in [-0.2, 0) is 9.59 Å². The number of rotatable bonds is 5. The van der Waals surface area contributed by atoms with Gasteiger partial charge in [-0.05, 0) is 31.4 Å². The molecular formula is C13H18N2O3. The number of hydrogen-bond donors (Lipinski definition) is 2. The predicted molar refractivity (Wildman–Crippen MR) is 66.0 cm³/mol. The molecule has 2 N–H and O–H groups in total. The van der Waals surface area contributed by atoms with Crippen molar-refractivity contribution in [3.8, 4) is 0 Å². The maximum atomic E-state index is 12.1. The Hall–Kier alpha value is -1.78. The van der Waals surface area contributed by atoms with Crippen LogP contribution in [0.25, 0.3) is 0 Å². The van der Waals surface area contributed by atoms with Gasteiger partial charge in [-0.3, -0.25) is 9.59 Å². The van der Waals surface area contributed by atoms with E-state index in [1.165, 1.54) is 0 Å². The molecule has 1 saturated heterocycles. The summed E-state index contributed by atoms with van der Waals surface area (Å²) >= 11 is 0. The van der Waals surface area contributed by atoms with Crippen LogP contribution in [0.1, 0.15) is 43.8 Å². The van der Waals surface area contributed by atoms with Crippen molar-refractivity contribution in [3.63, 3.8) is 0 Å². The zero-order valence-electron chi connectivity index (χ0n) is 10.3. The highest BCUT2D eigenvalue weighted by molar-refractivity contribution is 5.77. The summed E-state index contributed by atoms with van der Waals surface area (Å²) in [6.45, 7) is 0.773. The highest BCUT2D eigenvalue weighted by Crippen LogP contribution is 2.31. The molecule has 2 rings (SSSR count). The number of aromatic nitrogens is 1. The number of hydrogen-bond acceptors (Lipinski definition) is 2. The average Bonchev–Trinajstić information content (AvgIpc) is 2.99. The largest absolute Gasteiger partial charge is 0.481 e. The summed E-state index contributed by atoms with van der Waals surface area (Å²) in [6.07, 6.45) is 4.65. The number of nitrogens with one attached hydrogen (secondary N) is 1. The summed E-state index contributed by atoms with van der Waals surface area (Å²) in [6, 6.07) is 4.06. The predicted octanol–water partition coefficient (Wildman–Crippen LogP) is 1.93. The lowest BCUT2D eigenvalue weighted by Crippen LogP contribution is -2.30. The molecule has 1 aliphatic heterocycles. The minimum atomic E-state index is -0.842. The Morgan fingerprint density at radius 1 is 1.44 bits per heavy atom. The van der Waals surface area contributed by atoms with Gasteiger partial charge in [0.25, 0.3) is 0 Å². The first kappa shape index (κ1) is 12.7. The standard InChI is InChI=1S/C13H18N2O3/c16-12(6-1-7-13(17)18)15-9-3-5-11(15)10-4-2-8-14-10/h2,4,8,11,14H,1,3,5-7,9H2,(H,17,18). The van der Waals surface area contributed by atoms with Crippen LogP contribution in [0.15, 0.2) is 18.3 Å². The average molecular weight is 250 g/mol. The number of carboxylic acids is 1. The second-order valence-electron chi connectivity index (χ2n) is 4.62. The molecule has 0 radical (unpaired) electrons. The molecular weight excluding hydrogens is 232 g/mol. The molecule has 1 aromatic heterocycles. The number of carbonyl (C=O) groups excluding carboxylic acids is 1. The number of carbonyl (C=O) groups is 2.